The van der Waals surface area contributed by atoms with Crippen LogP contribution in [0.3, 0.4) is 0 Å². The lowest BCUT2D eigenvalue weighted by Gasteiger charge is -2.30. The molecule has 1 aliphatic heterocycles. The molecule has 1 spiro atoms. The van der Waals surface area contributed by atoms with E-state index in [9.17, 15) is 9.59 Å². The Morgan fingerprint density at radius 2 is 1.97 bits per heavy atom. The van der Waals surface area contributed by atoms with Gasteiger partial charge < -0.3 is 10.2 Å². The molecule has 0 radical (unpaired) electrons. The Morgan fingerprint density at radius 3 is 2.55 bits per heavy atom. The van der Waals surface area contributed by atoms with E-state index in [1.54, 1.807) is 18.4 Å². The first kappa shape index (κ1) is 18.9. The highest BCUT2D eigenvalue weighted by Crippen LogP contribution is 2.66. The number of carbonyl (C=O) groups excluding carboxylic acids is 2. The molecular formula is C24H28N2O2S. The van der Waals surface area contributed by atoms with Crippen molar-refractivity contribution in [2.45, 2.75) is 38.5 Å². The Morgan fingerprint density at radius 1 is 1.17 bits per heavy atom. The summed E-state index contributed by atoms with van der Waals surface area (Å²) in [4.78, 5) is 29.2. The van der Waals surface area contributed by atoms with Crippen LogP contribution in [0, 0.1) is 16.7 Å². The Labute approximate surface area is 176 Å². The summed E-state index contributed by atoms with van der Waals surface area (Å²) in [6, 6.07) is 12.7. The predicted molar refractivity (Wildman–Crippen MR) is 116 cm³/mol. The molecule has 1 N–H and O–H groups in total. The minimum Gasteiger partial charge on any atom is -0.359 e. The third kappa shape index (κ3) is 3.20. The van der Waals surface area contributed by atoms with Gasteiger partial charge in [0.2, 0.25) is 11.8 Å². The van der Waals surface area contributed by atoms with Gasteiger partial charge in [-0.25, -0.2) is 0 Å². The van der Waals surface area contributed by atoms with Crippen molar-refractivity contribution in [3.8, 4) is 10.4 Å². The Hall–Kier alpha value is -2.14. The summed E-state index contributed by atoms with van der Waals surface area (Å²) < 4.78 is 0. The highest BCUT2D eigenvalue weighted by atomic mass is 32.1. The molecule has 1 aromatic carbocycles. The molecule has 5 rings (SSSR count). The highest BCUT2D eigenvalue weighted by molar-refractivity contribution is 7.13. The van der Waals surface area contributed by atoms with Crippen molar-refractivity contribution in [3.63, 3.8) is 0 Å². The van der Waals surface area contributed by atoms with Crippen molar-refractivity contribution in [1.82, 2.24) is 10.2 Å². The lowest BCUT2D eigenvalue weighted by molar-refractivity contribution is -0.134. The molecule has 2 aliphatic carbocycles. The number of carbonyl (C=O) groups is 2. The summed E-state index contributed by atoms with van der Waals surface area (Å²) >= 11 is 1.73. The molecule has 2 amide bonds. The van der Waals surface area contributed by atoms with E-state index < -0.39 is 5.41 Å². The van der Waals surface area contributed by atoms with Crippen molar-refractivity contribution in [3.05, 3.63) is 47.3 Å². The number of thiophene rings is 1. The molecule has 5 heteroatoms. The Bertz CT molecular complexity index is 917. The van der Waals surface area contributed by atoms with Gasteiger partial charge in [-0.1, -0.05) is 36.8 Å². The average Bonchev–Trinajstić information content (AvgIpc) is 3.04. The maximum absolute atomic E-state index is 13.0. The molecule has 3 fully saturated rings. The molecule has 2 atom stereocenters. The van der Waals surface area contributed by atoms with Gasteiger partial charge in [0, 0.05) is 30.9 Å². The summed E-state index contributed by atoms with van der Waals surface area (Å²) in [7, 11) is 1.71. The molecule has 0 unspecified atom stereocenters. The summed E-state index contributed by atoms with van der Waals surface area (Å²) in [5, 5.41) is 4.95. The van der Waals surface area contributed by atoms with E-state index in [1.807, 2.05) is 4.90 Å². The van der Waals surface area contributed by atoms with Crippen LogP contribution in [0.2, 0.25) is 0 Å². The summed E-state index contributed by atoms with van der Waals surface area (Å²) in [6.07, 6.45) is 6.19. The molecule has 152 valence electrons. The smallest absolute Gasteiger partial charge is 0.228 e. The van der Waals surface area contributed by atoms with Crippen LogP contribution < -0.4 is 5.32 Å². The number of amides is 2. The van der Waals surface area contributed by atoms with Crippen molar-refractivity contribution in [2.75, 3.05) is 20.1 Å². The first-order chi connectivity index (χ1) is 14.1. The SMILES string of the molecule is CNC(=O)[C@]1(Cc2ccc(-c3cccs3)cc2)CCN(C(=O)[C@@H]2CC23CCC3)C1. The van der Waals surface area contributed by atoms with Crippen LogP contribution in [0.4, 0.5) is 0 Å². The van der Waals surface area contributed by atoms with Crippen LogP contribution >= 0.6 is 11.3 Å². The fourth-order valence-electron chi connectivity index (χ4n) is 5.46. The second-order valence-corrected chi connectivity index (χ2v) is 10.1. The maximum atomic E-state index is 13.0. The summed E-state index contributed by atoms with van der Waals surface area (Å²) in [5.74, 6) is 0.578. The zero-order valence-corrected chi connectivity index (χ0v) is 17.8. The highest BCUT2D eigenvalue weighted by Gasteiger charge is 2.62. The molecule has 2 heterocycles. The zero-order chi connectivity index (χ0) is 20.1. The maximum Gasteiger partial charge on any atom is 0.228 e. The molecule has 3 aliphatic rings. The predicted octanol–water partition coefficient (Wildman–Crippen LogP) is 4.11. The van der Waals surface area contributed by atoms with Gasteiger partial charge in [-0.05, 0) is 60.1 Å². The normalized spacial score (nSPS) is 26.9. The quantitative estimate of drug-likeness (QED) is 0.809. The van der Waals surface area contributed by atoms with Crippen molar-refractivity contribution in [1.29, 1.82) is 0 Å². The zero-order valence-electron chi connectivity index (χ0n) is 16.9. The lowest BCUT2D eigenvalue weighted by Crippen LogP contribution is -2.44. The van der Waals surface area contributed by atoms with E-state index in [-0.39, 0.29) is 11.8 Å². The average molecular weight is 409 g/mol. The van der Waals surface area contributed by atoms with Crippen LogP contribution in [-0.4, -0.2) is 36.9 Å². The number of hydrogen-bond donors (Lipinski definition) is 1. The van der Waals surface area contributed by atoms with Crippen LogP contribution in [0.15, 0.2) is 41.8 Å². The monoisotopic (exact) mass is 408 g/mol. The first-order valence-electron chi connectivity index (χ1n) is 10.7. The number of benzene rings is 1. The topological polar surface area (TPSA) is 49.4 Å². The van der Waals surface area contributed by atoms with Crippen molar-refractivity contribution < 1.29 is 9.59 Å². The van der Waals surface area contributed by atoms with Gasteiger partial charge in [-0.3, -0.25) is 9.59 Å². The fourth-order valence-corrected chi connectivity index (χ4v) is 6.19. The Kier molecular flexibility index (Phi) is 4.54. The van der Waals surface area contributed by atoms with Gasteiger partial charge in [0.1, 0.15) is 0 Å². The van der Waals surface area contributed by atoms with Gasteiger partial charge in [0.15, 0.2) is 0 Å². The number of nitrogens with zero attached hydrogens (tertiary/aromatic N) is 1. The largest absolute Gasteiger partial charge is 0.359 e. The van der Waals surface area contributed by atoms with Crippen LogP contribution in [0.1, 0.15) is 37.7 Å². The van der Waals surface area contributed by atoms with Crippen LogP contribution in [0.25, 0.3) is 10.4 Å². The van der Waals surface area contributed by atoms with E-state index in [0.29, 0.717) is 30.8 Å². The summed E-state index contributed by atoms with van der Waals surface area (Å²) in [6.45, 7) is 1.25. The molecule has 0 bridgehead atoms. The number of hydrogen-bond acceptors (Lipinski definition) is 3. The van der Waals surface area contributed by atoms with E-state index in [1.165, 1.54) is 29.7 Å². The van der Waals surface area contributed by atoms with Crippen LogP contribution in [-0.2, 0) is 16.0 Å². The molecule has 4 nitrogen and oxygen atoms in total. The molecule has 2 aromatic rings. The number of likely N-dealkylation sites (tertiary alicyclic amines) is 1. The third-order valence-electron chi connectivity index (χ3n) is 7.51. The van der Waals surface area contributed by atoms with Gasteiger partial charge in [-0.15, -0.1) is 11.3 Å². The lowest BCUT2D eigenvalue weighted by atomic mass is 9.79. The first-order valence-corrected chi connectivity index (χ1v) is 11.6. The van der Waals surface area contributed by atoms with Gasteiger partial charge in [0.05, 0.1) is 5.41 Å². The molecule has 2 saturated carbocycles. The Balaban J connectivity index is 1.31. The van der Waals surface area contributed by atoms with Gasteiger partial charge >= 0.3 is 0 Å². The number of rotatable bonds is 5. The molecular weight excluding hydrogens is 380 g/mol. The second kappa shape index (κ2) is 6.98. The fraction of sp³-hybridized carbons (Fsp3) is 0.500. The second-order valence-electron chi connectivity index (χ2n) is 9.19. The molecule has 29 heavy (non-hydrogen) atoms. The molecule has 1 aromatic heterocycles. The third-order valence-corrected chi connectivity index (χ3v) is 8.43. The van der Waals surface area contributed by atoms with Crippen molar-refractivity contribution in [2.24, 2.45) is 16.7 Å². The molecule has 1 saturated heterocycles. The number of nitrogens with one attached hydrogen (secondary N) is 1. The van der Waals surface area contributed by atoms with Crippen LogP contribution in [0.5, 0.6) is 0 Å². The minimum atomic E-state index is -0.517. The summed E-state index contributed by atoms with van der Waals surface area (Å²) in [5.41, 5.74) is 2.19. The van der Waals surface area contributed by atoms with E-state index in [0.717, 1.165) is 18.4 Å². The van der Waals surface area contributed by atoms with Crippen molar-refractivity contribution >= 4 is 23.2 Å². The van der Waals surface area contributed by atoms with Gasteiger partial charge in [-0.2, -0.15) is 0 Å². The van der Waals surface area contributed by atoms with Gasteiger partial charge in [0.25, 0.3) is 0 Å². The minimum absolute atomic E-state index is 0.0595. The van der Waals surface area contributed by atoms with E-state index in [4.69, 9.17) is 0 Å². The van der Waals surface area contributed by atoms with E-state index >= 15 is 0 Å². The standard InChI is InChI=1S/C24H28N2O2S/c1-25-22(28)24(14-17-5-7-18(8-6-17)20-4-2-13-29-20)11-12-26(16-24)21(27)19-15-23(19)9-3-10-23/h2,4-8,13,19H,3,9-12,14-16H2,1H3,(H,25,28)/t19-,24-/m0/s1. The van der Waals surface area contributed by atoms with E-state index in [2.05, 4.69) is 47.1 Å².